The van der Waals surface area contributed by atoms with E-state index in [0.717, 1.165) is 35.4 Å². The smallest absolute Gasteiger partial charge is 0.416 e. The average Bonchev–Trinajstić information content (AvgIpc) is 3.27. The minimum Gasteiger partial charge on any atom is -0.478 e. The summed E-state index contributed by atoms with van der Waals surface area (Å²) in [5.74, 6) is -2.39. The molecule has 2 N–H and O–H groups in total. The van der Waals surface area contributed by atoms with Gasteiger partial charge in [0.2, 0.25) is 0 Å². The van der Waals surface area contributed by atoms with Crippen LogP contribution < -0.4 is 9.80 Å². The molecule has 0 saturated carbocycles. The first-order chi connectivity index (χ1) is 30.0. The first-order valence-electron chi connectivity index (χ1n) is 20.6. The number of carboxylic acid groups (broad SMARTS) is 2. The van der Waals surface area contributed by atoms with E-state index in [0.29, 0.717) is 50.1 Å². The first kappa shape index (κ1) is 49.7. The van der Waals surface area contributed by atoms with Gasteiger partial charge in [0.05, 0.1) is 47.6 Å². The quantitative estimate of drug-likeness (QED) is 0.121. The fourth-order valence-corrected chi connectivity index (χ4v) is 7.70. The third-order valence-corrected chi connectivity index (χ3v) is 11.5. The average molecular weight is 915 g/mol. The number of aromatic carboxylic acids is 2. The van der Waals surface area contributed by atoms with Crippen LogP contribution >= 0.6 is 0 Å². The molecule has 2 aliphatic rings. The molecule has 0 aromatic heterocycles. The van der Waals surface area contributed by atoms with Crippen molar-refractivity contribution in [2.45, 2.75) is 101 Å². The van der Waals surface area contributed by atoms with Crippen LogP contribution in [-0.2, 0) is 21.8 Å². The first-order valence-corrected chi connectivity index (χ1v) is 20.6. The fraction of sp³-hybridized carbons (Fsp3) is 0.435. The summed E-state index contributed by atoms with van der Waals surface area (Å²) < 4.78 is 142. The number of halogens is 10. The van der Waals surface area contributed by atoms with Crippen LogP contribution in [0.15, 0.2) is 97.1 Å². The third kappa shape index (κ3) is 13.3. The van der Waals surface area contributed by atoms with E-state index in [1.54, 1.807) is 24.3 Å². The maximum atomic E-state index is 13.7. The molecule has 2 heterocycles. The van der Waals surface area contributed by atoms with Crippen LogP contribution in [0.1, 0.15) is 107 Å². The Morgan fingerprint density at radius 1 is 0.516 bits per heavy atom. The molecule has 0 spiro atoms. The molecule has 6 rings (SSSR count). The van der Waals surface area contributed by atoms with Gasteiger partial charge in [-0.25, -0.2) is 9.59 Å². The summed E-state index contributed by atoms with van der Waals surface area (Å²) in [6, 6.07) is 21.3. The second kappa shape index (κ2) is 20.6. The molecule has 4 aromatic carbocycles. The van der Waals surface area contributed by atoms with Crippen molar-refractivity contribution in [1.29, 1.82) is 0 Å². The Labute approximate surface area is 363 Å². The van der Waals surface area contributed by atoms with Crippen LogP contribution in [-0.4, -0.2) is 72.8 Å². The number of ether oxygens (including phenoxy) is 2. The highest BCUT2D eigenvalue weighted by atomic mass is 19.4. The van der Waals surface area contributed by atoms with Gasteiger partial charge in [0, 0.05) is 49.1 Å². The maximum Gasteiger partial charge on any atom is 0.416 e. The Kier molecular flexibility index (Phi) is 16.0. The number of hydrogen-bond acceptors (Lipinski definition) is 6. The van der Waals surface area contributed by atoms with Gasteiger partial charge in [0.1, 0.15) is 0 Å². The molecule has 18 heteroatoms. The predicted molar refractivity (Wildman–Crippen MR) is 218 cm³/mol. The monoisotopic (exact) mass is 914 g/mol. The van der Waals surface area contributed by atoms with E-state index < -0.39 is 60.5 Å². The molecule has 4 aromatic rings. The van der Waals surface area contributed by atoms with Crippen molar-refractivity contribution in [3.05, 3.63) is 130 Å². The maximum absolute atomic E-state index is 13.7. The number of nitrogens with zero attached hydrogens (tertiary/aromatic N) is 2. The van der Waals surface area contributed by atoms with E-state index in [2.05, 4.69) is 0 Å². The van der Waals surface area contributed by atoms with E-state index in [1.807, 2.05) is 9.80 Å². The molecule has 0 bridgehead atoms. The number of rotatable bonds is 14. The van der Waals surface area contributed by atoms with Crippen molar-refractivity contribution in [2.24, 2.45) is 0 Å². The molecule has 8 nitrogen and oxygen atoms in total. The third-order valence-electron chi connectivity index (χ3n) is 11.5. The van der Waals surface area contributed by atoms with E-state index in [9.17, 15) is 53.5 Å². The fourth-order valence-electron chi connectivity index (χ4n) is 7.70. The number of benzene rings is 4. The SMILES string of the molecule is CCC(F)(F)OC[C@@H]1CC[C@H](c2ccc(C(F)(F)F)cc2)CN1c1ccc(C(=O)O)cc1.CCC(F)(F)OC[C@H]1CC[C@@H](c2ccc(C(F)(F)F)cc2)CN1c1ccc(C(=O)O)cc1. The lowest BCUT2D eigenvalue weighted by Gasteiger charge is -2.42. The summed E-state index contributed by atoms with van der Waals surface area (Å²) >= 11 is 0. The van der Waals surface area contributed by atoms with Crippen LogP contribution in [0.2, 0.25) is 0 Å². The van der Waals surface area contributed by atoms with Gasteiger partial charge < -0.3 is 29.5 Å². The molecule has 0 radical (unpaired) electrons. The van der Waals surface area contributed by atoms with Gasteiger partial charge in [0.25, 0.3) is 0 Å². The largest absolute Gasteiger partial charge is 0.478 e. The molecule has 64 heavy (non-hydrogen) atoms. The molecule has 2 aliphatic heterocycles. The van der Waals surface area contributed by atoms with Crippen molar-refractivity contribution in [1.82, 2.24) is 0 Å². The van der Waals surface area contributed by atoms with Crippen molar-refractivity contribution in [3.8, 4) is 0 Å². The zero-order valence-electron chi connectivity index (χ0n) is 34.8. The second-order valence-electron chi connectivity index (χ2n) is 15.7. The molecule has 4 atom stereocenters. The highest BCUT2D eigenvalue weighted by molar-refractivity contribution is 5.88. The van der Waals surface area contributed by atoms with Crippen LogP contribution in [0.5, 0.6) is 0 Å². The van der Waals surface area contributed by atoms with Crippen molar-refractivity contribution in [3.63, 3.8) is 0 Å². The molecule has 348 valence electrons. The van der Waals surface area contributed by atoms with Crippen LogP contribution in [0.3, 0.4) is 0 Å². The van der Waals surface area contributed by atoms with Gasteiger partial charge in [-0.3, -0.25) is 0 Å². The number of piperidine rings is 2. The van der Waals surface area contributed by atoms with E-state index in [-0.39, 0.29) is 48.3 Å². The predicted octanol–water partition coefficient (Wildman–Crippen LogP) is 12.4. The zero-order chi connectivity index (χ0) is 47.0. The summed E-state index contributed by atoms with van der Waals surface area (Å²) in [5, 5.41) is 18.2. The minimum absolute atomic E-state index is 0.0929. The number of anilines is 2. The standard InChI is InChI=1S/2C23H24F5NO3/c2*1-2-22(24,25)32-14-20-12-7-17(15-3-8-18(9-4-15)23(26,27)28)13-29(20)19-10-5-16(6-11-19)21(30)31/h2*3-6,8-11,17,20H,2,7,12-14H2,1H3,(H,30,31)/t2*17-,20-/m10/s1. The van der Waals surface area contributed by atoms with Gasteiger partial charge in [-0.2, -0.15) is 43.9 Å². The molecule has 2 fully saturated rings. The summed E-state index contributed by atoms with van der Waals surface area (Å²) in [6.45, 7) is 2.96. The normalized spacial score (nSPS) is 19.8. The molecular weight excluding hydrogens is 866 g/mol. The van der Waals surface area contributed by atoms with Gasteiger partial charge in [-0.05, 0) is 110 Å². The second-order valence-corrected chi connectivity index (χ2v) is 15.7. The lowest BCUT2D eigenvalue weighted by Crippen LogP contribution is -2.46. The van der Waals surface area contributed by atoms with E-state index in [1.165, 1.54) is 62.4 Å². The Morgan fingerprint density at radius 3 is 1.09 bits per heavy atom. The van der Waals surface area contributed by atoms with Gasteiger partial charge in [0.15, 0.2) is 0 Å². The summed E-state index contributed by atoms with van der Waals surface area (Å²) in [4.78, 5) is 26.0. The highest BCUT2D eigenvalue weighted by Gasteiger charge is 2.37. The van der Waals surface area contributed by atoms with Crippen molar-refractivity contribution >= 4 is 23.3 Å². The number of carboxylic acids is 2. The van der Waals surface area contributed by atoms with Crippen molar-refractivity contribution in [2.75, 3.05) is 36.1 Å². The topological polar surface area (TPSA) is 99.5 Å². The number of hydrogen-bond donors (Lipinski definition) is 2. The summed E-state index contributed by atoms with van der Waals surface area (Å²) in [5.41, 5.74) is 1.45. The Bertz CT molecular complexity index is 1980. The lowest BCUT2D eigenvalue weighted by atomic mass is 9.86. The summed E-state index contributed by atoms with van der Waals surface area (Å²) in [7, 11) is 0. The Hall–Kier alpha value is -5.36. The van der Waals surface area contributed by atoms with Gasteiger partial charge in [-0.15, -0.1) is 0 Å². The number of carbonyl (C=O) groups is 2. The molecular formula is C46H48F10N2O6. The van der Waals surface area contributed by atoms with Crippen LogP contribution in [0, 0.1) is 0 Å². The Morgan fingerprint density at radius 2 is 0.828 bits per heavy atom. The van der Waals surface area contributed by atoms with Gasteiger partial charge in [-0.1, -0.05) is 38.1 Å². The molecule has 0 amide bonds. The minimum atomic E-state index is -4.42. The lowest BCUT2D eigenvalue weighted by molar-refractivity contribution is -0.242. The zero-order valence-corrected chi connectivity index (χ0v) is 34.8. The highest BCUT2D eigenvalue weighted by Crippen LogP contribution is 2.39. The molecule has 2 saturated heterocycles. The van der Waals surface area contributed by atoms with Crippen molar-refractivity contribution < 1.29 is 73.2 Å². The van der Waals surface area contributed by atoms with E-state index in [4.69, 9.17) is 19.7 Å². The van der Waals surface area contributed by atoms with Crippen LogP contribution in [0.4, 0.5) is 55.3 Å². The molecule has 0 unspecified atom stereocenters. The van der Waals surface area contributed by atoms with E-state index >= 15 is 0 Å². The van der Waals surface area contributed by atoms with Gasteiger partial charge >= 0.3 is 36.5 Å². The summed E-state index contributed by atoms with van der Waals surface area (Å²) in [6.07, 6.45) is -14.1. The van der Waals surface area contributed by atoms with Crippen LogP contribution in [0.25, 0.3) is 0 Å². The number of alkyl halides is 10. The molecule has 0 aliphatic carbocycles. The Balaban J connectivity index is 0.000000241.